The maximum absolute atomic E-state index is 13.0. The molecule has 7 nitrogen and oxygen atoms in total. The second-order valence-corrected chi connectivity index (χ2v) is 9.92. The molecular weight excluding hydrogens is 492 g/mol. The van der Waals surface area contributed by atoms with Crippen molar-refractivity contribution in [1.82, 2.24) is 4.90 Å². The second kappa shape index (κ2) is 10.6. The van der Waals surface area contributed by atoms with Gasteiger partial charge in [0.15, 0.2) is 12.4 Å². The van der Waals surface area contributed by atoms with Crippen molar-refractivity contribution < 1.29 is 29.2 Å². The molecule has 0 aliphatic carbocycles. The predicted molar refractivity (Wildman–Crippen MR) is 148 cm³/mol. The number of nitrogens with zero attached hydrogens (tertiary/aromatic N) is 1. The Morgan fingerprint density at radius 2 is 1.72 bits per heavy atom. The Kier molecular flexibility index (Phi) is 7.07. The molecule has 3 aromatic carbocycles. The Balaban J connectivity index is 1.54. The van der Waals surface area contributed by atoms with E-state index in [0.717, 1.165) is 44.5 Å². The topological polar surface area (TPSA) is 90.2 Å². The van der Waals surface area contributed by atoms with E-state index in [-0.39, 0.29) is 23.8 Å². The molecule has 39 heavy (non-hydrogen) atoms. The number of aromatic carboxylic acids is 1. The number of hydrogen-bond acceptors (Lipinski definition) is 4. The van der Waals surface area contributed by atoms with Crippen LogP contribution in [0.4, 0.5) is 4.79 Å². The number of carbonyl (C=O) groups excluding carboxylic acids is 1. The van der Waals surface area contributed by atoms with E-state index < -0.39 is 5.97 Å². The maximum atomic E-state index is 13.0. The molecular formula is C32H31N2O5+. The van der Waals surface area contributed by atoms with Gasteiger partial charge in [0.2, 0.25) is 0 Å². The van der Waals surface area contributed by atoms with Crippen LogP contribution in [0.5, 0.6) is 5.75 Å². The lowest BCUT2D eigenvalue weighted by molar-refractivity contribution is -0.378. The highest BCUT2D eigenvalue weighted by molar-refractivity contribution is 5.89. The van der Waals surface area contributed by atoms with Gasteiger partial charge in [0.05, 0.1) is 25.3 Å². The summed E-state index contributed by atoms with van der Waals surface area (Å²) in [6, 6.07) is 21.0. The summed E-state index contributed by atoms with van der Waals surface area (Å²) in [5.41, 5.74) is 7.87. The lowest BCUT2D eigenvalue weighted by Crippen LogP contribution is -2.31. The van der Waals surface area contributed by atoms with E-state index in [2.05, 4.69) is 23.2 Å². The van der Waals surface area contributed by atoms with E-state index in [9.17, 15) is 14.7 Å². The van der Waals surface area contributed by atoms with E-state index >= 15 is 0 Å². The predicted octanol–water partition coefficient (Wildman–Crippen LogP) is 6.24. The average molecular weight is 524 g/mol. The molecule has 2 heterocycles. The van der Waals surface area contributed by atoms with Gasteiger partial charge in [-0.3, -0.25) is 4.90 Å². The molecule has 1 aliphatic heterocycles. The fourth-order valence-corrected chi connectivity index (χ4v) is 5.26. The van der Waals surface area contributed by atoms with Crippen LogP contribution in [0.25, 0.3) is 22.3 Å². The molecule has 1 fully saturated rings. The number of methoxy groups -OCH3 is 1. The van der Waals surface area contributed by atoms with Crippen LogP contribution >= 0.6 is 0 Å². The summed E-state index contributed by atoms with van der Waals surface area (Å²) in [7, 11) is 1.64. The Labute approximate surface area is 227 Å². The first kappa shape index (κ1) is 26.0. The van der Waals surface area contributed by atoms with Crippen LogP contribution in [-0.4, -0.2) is 35.2 Å². The minimum atomic E-state index is -0.952. The van der Waals surface area contributed by atoms with Crippen LogP contribution in [0.1, 0.15) is 45.6 Å². The lowest BCUT2D eigenvalue weighted by atomic mass is 9.92. The van der Waals surface area contributed by atoms with Gasteiger partial charge < -0.3 is 14.6 Å². The second-order valence-electron chi connectivity index (χ2n) is 9.92. The van der Waals surface area contributed by atoms with Gasteiger partial charge in [-0.2, -0.15) is 0 Å². The normalized spacial score (nSPS) is 16.7. The van der Waals surface area contributed by atoms with Gasteiger partial charge in [0.25, 0.3) is 0 Å². The number of aryl methyl sites for hydroxylation is 2. The van der Waals surface area contributed by atoms with Crippen LogP contribution < -0.4 is 9.72 Å². The monoisotopic (exact) mass is 523 g/mol. The number of amides is 1. The molecule has 1 saturated heterocycles. The molecule has 198 valence electrons. The van der Waals surface area contributed by atoms with Crippen molar-refractivity contribution in [2.24, 2.45) is 0 Å². The van der Waals surface area contributed by atoms with Gasteiger partial charge in [-0.05, 0) is 72.9 Å². The number of benzene rings is 3. The summed E-state index contributed by atoms with van der Waals surface area (Å²) in [5.74, 6) is -0.244. The molecule has 0 spiro atoms. The summed E-state index contributed by atoms with van der Waals surface area (Å²) in [6.45, 7) is 6.33. The van der Waals surface area contributed by atoms with E-state index in [4.69, 9.17) is 9.47 Å². The molecule has 7 heteroatoms. The first-order valence-electron chi connectivity index (χ1n) is 12.8. The average Bonchev–Trinajstić information content (AvgIpc) is 3.21. The van der Waals surface area contributed by atoms with Crippen molar-refractivity contribution in [2.75, 3.05) is 7.11 Å². The van der Waals surface area contributed by atoms with Crippen LogP contribution in [0.2, 0.25) is 0 Å². The van der Waals surface area contributed by atoms with Crippen LogP contribution in [0.3, 0.4) is 0 Å². The summed E-state index contributed by atoms with van der Waals surface area (Å²) in [5, 5.41) is 9.37. The quantitative estimate of drug-likeness (QED) is 0.310. The van der Waals surface area contributed by atoms with Crippen LogP contribution in [0.15, 0.2) is 79.1 Å². The van der Waals surface area contributed by atoms with Crippen LogP contribution in [0, 0.1) is 13.8 Å². The van der Waals surface area contributed by atoms with E-state index in [1.54, 1.807) is 24.1 Å². The molecule has 4 aromatic rings. The van der Waals surface area contributed by atoms with Gasteiger partial charge in [0, 0.05) is 23.3 Å². The number of aromatic amines is 1. The molecule has 1 amide bonds. The van der Waals surface area contributed by atoms with Gasteiger partial charge in [-0.25, -0.2) is 14.6 Å². The fraction of sp³-hybridized carbons (Fsp3) is 0.219. The zero-order chi connectivity index (χ0) is 27.7. The SMILES string of the molecule is COc1ccc(-c2ccc(C(=O)O)cc2C)cc1-c1ccc(C)cc1CN1C(=O)O[C@H](c2cc[nH+]cc2)[C@@H]1C. The van der Waals surface area contributed by atoms with Crippen molar-refractivity contribution >= 4 is 12.1 Å². The molecule has 5 rings (SSSR count). The Morgan fingerprint density at radius 1 is 0.974 bits per heavy atom. The number of carboxylic acids is 1. The number of H-pyrrole nitrogens is 1. The summed E-state index contributed by atoms with van der Waals surface area (Å²) in [4.78, 5) is 29.2. The van der Waals surface area contributed by atoms with Crippen molar-refractivity contribution in [3.05, 3.63) is 107 Å². The third-order valence-electron chi connectivity index (χ3n) is 7.34. The largest absolute Gasteiger partial charge is 0.496 e. The standard InChI is InChI=1S/C32H30N2O5/c1-19-5-8-27(25(15-19)18-34-21(3)30(39-32(34)37)22-11-13-33-14-12-22)28-17-23(7-10-29(28)38-4)26-9-6-24(31(35)36)16-20(26)2/h5-17,21,30H,18H2,1-4H3,(H,35,36)/p+1/t21-,30-/m0/s1. The lowest BCUT2D eigenvalue weighted by Gasteiger charge is -2.23. The highest BCUT2D eigenvalue weighted by atomic mass is 16.6. The molecule has 1 aliphatic rings. The minimum Gasteiger partial charge on any atom is -0.496 e. The molecule has 0 bridgehead atoms. The number of pyridine rings is 1. The smallest absolute Gasteiger partial charge is 0.411 e. The number of ether oxygens (including phenoxy) is 2. The highest BCUT2D eigenvalue weighted by Crippen LogP contribution is 2.39. The maximum Gasteiger partial charge on any atom is 0.411 e. The molecule has 0 saturated carbocycles. The van der Waals surface area contributed by atoms with Gasteiger partial charge >= 0.3 is 12.1 Å². The molecule has 0 unspecified atom stereocenters. The number of carbonyl (C=O) groups is 2. The Morgan fingerprint density at radius 3 is 2.41 bits per heavy atom. The van der Waals surface area contributed by atoms with E-state index in [1.807, 2.05) is 69.6 Å². The molecule has 2 atom stereocenters. The zero-order valence-corrected chi connectivity index (χ0v) is 22.4. The third-order valence-corrected chi connectivity index (χ3v) is 7.34. The number of aromatic nitrogens is 1. The number of nitrogens with one attached hydrogen (secondary N) is 1. The van der Waals surface area contributed by atoms with Crippen molar-refractivity contribution in [1.29, 1.82) is 0 Å². The zero-order valence-electron chi connectivity index (χ0n) is 22.4. The minimum absolute atomic E-state index is 0.156. The van der Waals surface area contributed by atoms with Crippen molar-refractivity contribution in [3.8, 4) is 28.0 Å². The summed E-state index contributed by atoms with van der Waals surface area (Å²) in [6.07, 6.45) is 2.96. The van der Waals surface area contributed by atoms with Crippen molar-refractivity contribution in [3.63, 3.8) is 0 Å². The Bertz CT molecular complexity index is 1550. The van der Waals surface area contributed by atoms with Gasteiger partial charge in [-0.15, -0.1) is 0 Å². The number of cyclic esters (lactones) is 1. The number of carboxylic acid groups (broad SMARTS) is 1. The first-order chi connectivity index (χ1) is 18.8. The fourth-order valence-electron chi connectivity index (χ4n) is 5.26. The highest BCUT2D eigenvalue weighted by Gasteiger charge is 2.40. The Hall–Kier alpha value is -4.65. The van der Waals surface area contributed by atoms with E-state index in [1.165, 1.54) is 0 Å². The van der Waals surface area contributed by atoms with Gasteiger partial charge in [-0.1, -0.05) is 35.9 Å². The molecule has 2 N–H and O–H groups in total. The third kappa shape index (κ3) is 5.08. The molecule has 1 aromatic heterocycles. The van der Waals surface area contributed by atoms with E-state index in [0.29, 0.717) is 12.3 Å². The summed E-state index contributed by atoms with van der Waals surface area (Å²) < 4.78 is 11.5. The number of rotatable bonds is 7. The summed E-state index contributed by atoms with van der Waals surface area (Å²) >= 11 is 0. The van der Waals surface area contributed by atoms with Crippen molar-refractivity contribution in [2.45, 2.75) is 39.5 Å². The number of hydrogen-bond donors (Lipinski definition) is 1. The van der Waals surface area contributed by atoms with Gasteiger partial charge in [0.1, 0.15) is 11.9 Å². The molecule has 0 radical (unpaired) electrons. The first-order valence-corrected chi connectivity index (χ1v) is 12.8. The van der Waals surface area contributed by atoms with Crippen LogP contribution in [-0.2, 0) is 11.3 Å².